The molecule has 4 nitrogen and oxygen atoms in total. The molecule has 8 heteroatoms. The van der Waals surface area contributed by atoms with Gasteiger partial charge in [-0.15, -0.1) is 11.3 Å². The SMILES string of the molecule is Cc1ccc(Nc2nc(C(=O)O)c(C)s2)cc1C(F)(F)F. The van der Waals surface area contributed by atoms with E-state index in [9.17, 15) is 18.0 Å². The monoisotopic (exact) mass is 316 g/mol. The zero-order valence-corrected chi connectivity index (χ0v) is 11.9. The summed E-state index contributed by atoms with van der Waals surface area (Å²) in [6.07, 6.45) is -4.44. The third-order valence-electron chi connectivity index (χ3n) is 2.79. The summed E-state index contributed by atoms with van der Waals surface area (Å²) < 4.78 is 38.5. The molecule has 0 atom stereocenters. The highest BCUT2D eigenvalue weighted by molar-refractivity contribution is 7.15. The number of carboxylic acids is 1. The van der Waals surface area contributed by atoms with Crippen molar-refractivity contribution in [3.05, 3.63) is 39.9 Å². The highest BCUT2D eigenvalue weighted by Gasteiger charge is 2.32. The van der Waals surface area contributed by atoms with Crippen LogP contribution in [0.4, 0.5) is 24.0 Å². The van der Waals surface area contributed by atoms with E-state index in [-0.39, 0.29) is 22.1 Å². The number of hydrogen-bond acceptors (Lipinski definition) is 4. The molecule has 2 aromatic rings. The number of aromatic nitrogens is 1. The van der Waals surface area contributed by atoms with E-state index in [1.54, 1.807) is 6.92 Å². The van der Waals surface area contributed by atoms with Crippen LogP contribution >= 0.6 is 11.3 Å². The number of nitrogens with one attached hydrogen (secondary N) is 1. The van der Waals surface area contributed by atoms with Gasteiger partial charge in [-0.25, -0.2) is 9.78 Å². The molecule has 0 fully saturated rings. The zero-order chi connectivity index (χ0) is 15.8. The first kappa shape index (κ1) is 15.3. The van der Waals surface area contributed by atoms with Crippen LogP contribution in [0, 0.1) is 13.8 Å². The third-order valence-corrected chi connectivity index (χ3v) is 3.68. The van der Waals surface area contributed by atoms with E-state index in [0.29, 0.717) is 4.88 Å². The molecule has 21 heavy (non-hydrogen) atoms. The Morgan fingerprint density at radius 1 is 1.33 bits per heavy atom. The van der Waals surface area contributed by atoms with Gasteiger partial charge in [-0.2, -0.15) is 13.2 Å². The van der Waals surface area contributed by atoms with E-state index in [4.69, 9.17) is 5.11 Å². The molecule has 0 aliphatic heterocycles. The maximum absolute atomic E-state index is 12.8. The summed E-state index contributed by atoms with van der Waals surface area (Å²) in [7, 11) is 0. The number of alkyl halides is 3. The van der Waals surface area contributed by atoms with E-state index in [0.717, 1.165) is 17.4 Å². The Bertz CT molecular complexity index is 695. The van der Waals surface area contributed by atoms with Crippen LogP contribution in [0.2, 0.25) is 0 Å². The average molecular weight is 316 g/mol. The number of halogens is 3. The molecular weight excluding hydrogens is 305 g/mol. The standard InChI is InChI=1S/C13H11F3N2O2S/c1-6-3-4-8(5-9(6)13(14,15)16)17-12-18-10(11(19)20)7(2)21-12/h3-5H,1-2H3,(H,17,18)(H,19,20). The Morgan fingerprint density at radius 3 is 2.52 bits per heavy atom. The maximum atomic E-state index is 12.8. The molecule has 0 bridgehead atoms. The fraction of sp³-hybridized carbons (Fsp3) is 0.231. The van der Waals surface area contributed by atoms with Crippen molar-refractivity contribution < 1.29 is 23.1 Å². The number of thiazole rings is 1. The Kier molecular flexibility index (Phi) is 3.91. The number of aryl methyl sites for hydroxylation is 2. The number of rotatable bonds is 3. The summed E-state index contributed by atoms with van der Waals surface area (Å²) in [6.45, 7) is 2.96. The van der Waals surface area contributed by atoms with Crippen molar-refractivity contribution in [2.24, 2.45) is 0 Å². The van der Waals surface area contributed by atoms with Crippen molar-refractivity contribution >= 4 is 28.1 Å². The number of carboxylic acid groups (broad SMARTS) is 1. The van der Waals surface area contributed by atoms with Gasteiger partial charge in [0.2, 0.25) is 0 Å². The van der Waals surface area contributed by atoms with Gasteiger partial charge in [0.25, 0.3) is 0 Å². The van der Waals surface area contributed by atoms with Gasteiger partial charge in [-0.3, -0.25) is 0 Å². The predicted molar refractivity (Wildman–Crippen MR) is 73.3 cm³/mol. The second kappa shape index (κ2) is 5.36. The van der Waals surface area contributed by atoms with E-state index in [1.807, 2.05) is 0 Å². The first-order valence-corrected chi connectivity index (χ1v) is 6.65. The van der Waals surface area contributed by atoms with Crippen LogP contribution in [0.1, 0.15) is 26.5 Å². The fourth-order valence-electron chi connectivity index (χ4n) is 1.78. The number of benzene rings is 1. The lowest BCUT2D eigenvalue weighted by Gasteiger charge is -2.12. The molecule has 0 radical (unpaired) electrons. The molecule has 0 saturated carbocycles. The fourth-order valence-corrected chi connectivity index (χ4v) is 2.60. The molecule has 0 saturated heterocycles. The normalized spacial score (nSPS) is 11.5. The Labute approximate surface area is 122 Å². The summed E-state index contributed by atoms with van der Waals surface area (Å²) >= 11 is 1.07. The molecule has 0 aliphatic carbocycles. The maximum Gasteiger partial charge on any atom is 0.416 e. The lowest BCUT2D eigenvalue weighted by molar-refractivity contribution is -0.138. The summed E-state index contributed by atoms with van der Waals surface area (Å²) in [5, 5.41) is 11.8. The van der Waals surface area contributed by atoms with Crippen LogP contribution in [0.25, 0.3) is 0 Å². The van der Waals surface area contributed by atoms with Crippen LogP contribution in [0.3, 0.4) is 0 Å². The summed E-state index contributed by atoms with van der Waals surface area (Å²) in [6, 6.07) is 3.82. The number of aromatic carboxylic acids is 1. The van der Waals surface area contributed by atoms with Gasteiger partial charge in [0.05, 0.1) is 5.56 Å². The van der Waals surface area contributed by atoms with E-state index < -0.39 is 17.7 Å². The second-order valence-electron chi connectivity index (χ2n) is 4.38. The minimum absolute atomic E-state index is 0.106. The second-order valence-corrected chi connectivity index (χ2v) is 5.58. The third kappa shape index (κ3) is 3.33. The molecular formula is C13H11F3N2O2S. The smallest absolute Gasteiger partial charge is 0.416 e. The summed E-state index contributed by atoms with van der Waals surface area (Å²) in [5.41, 5.74) is -0.516. The van der Waals surface area contributed by atoms with E-state index in [1.165, 1.54) is 19.1 Å². The molecule has 1 aromatic carbocycles. The lowest BCUT2D eigenvalue weighted by atomic mass is 10.1. The van der Waals surface area contributed by atoms with Gasteiger partial charge in [0.1, 0.15) is 0 Å². The lowest BCUT2D eigenvalue weighted by Crippen LogP contribution is -2.08. The van der Waals surface area contributed by atoms with Crippen LogP contribution in [0.5, 0.6) is 0 Å². The zero-order valence-electron chi connectivity index (χ0n) is 11.1. The first-order valence-electron chi connectivity index (χ1n) is 5.84. The molecule has 0 spiro atoms. The quantitative estimate of drug-likeness (QED) is 0.890. The molecule has 112 valence electrons. The molecule has 1 aromatic heterocycles. The number of nitrogens with zero attached hydrogens (tertiary/aromatic N) is 1. The number of hydrogen-bond donors (Lipinski definition) is 2. The molecule has 2 N–H and O–H groups in total. The van der Waals surface area contributed by atoms with Crippen LogP contribution in [-0.2, 0) is 6.18 Å². The Morgan fingerprint density at radius 2 is 2.00 bits per heavy atom. The molecule has 2 rings (SSSR count). The van der Waals surface area contributed by atoms with Crippen molar-refractivity contribution in [1.82, 2.24) is 4.98 Å². The molecule has 0 unspecified atom stereocenters. The van der Waals surface area contributed by atoms with Crippen LogP contribution < -0.4 is 5.32 Å². The minimum Gasteiger partial charge on any atom is -0.476 e. The van der Waals surface area contributed by atoms with Crippen LogP contribution in [0.15, 0.2) is 18.2 Å². The highest BCUT2D eigenvalue weighted by Crippen LogP contribution is 2.34. The van der Waals surface area contributed by atoms with Gasteiger partial charge >= 0.3 is 12.1 Å². The van der Waals surface area contributed by atoms with E-state index >= 15 is 0 Å². The average Bonchev–Trinajstić information content (AvgIpc) is 2.71. The van der Waals surface area contributed by atoms with Crippen molar-refractivity contribution in [2.45, 2.75) is 20.0 Å². The Balaban J connectivity index is 2.32. The van der Waals surface area contributed by atoms with Crippen molar-refractivity contribution in [1.29, 1.82) is 0 Å². The minimum atomic E-state index is -4.44. The van der Waals surface area contributed by atoms with Gasteiger partial charge in [-0.05, 0) is 31.5 Å². The highest BCUT2D eigenvalue weighted by atomic mass is 32.1. The largest absolute Gasteiger partial charge is 0.476 e. The van der Waals surface area contributed by atoms with Gasteiger partial charge in [0, 0.05) is 10.6 Å². The molecule has 0 amide bonds. The van der Waals surface area contributed by atoms with Crippen molar-refractivity contribution in [2.75, 3.05) is 5.32 Å². The number of anilines is 2. The van der Waals surface area contributed by atoms with Crippen molar-refractivity contribution in [3.63, 3.8) is 0 Å². The summed E-state index contributed by atoms with van der Waals surface area (Å²) in [4.78, 5) is 15.2. The first-order chi connectivity index (χ1) is 9.68. The van der Waals surface area contributed by atoms with Gasteiger partial charge in [0.15, 0.2) is 10.8 Å². The van der Waals surface area contributed by atoms with Crippen molar-refractivity contribution in [3.8, 4) is 0 Å². The van der Waals surface area contributed by atoms with Crippen LogP contribution in [-0.4, -0.2) is 16.1 Å². The Hall–Kier alpha value is -2.09. The predicted octanol–water partition coefficient (Wildman–Crippen LogP) is 4.22. The van der Waals surface area contributed by atoms with Gasteiger partial charge < -0.3 is 10.4 Å². The number of carbonyl (C=O) groups is 1. The van der Waals surface area contributed by atoms with E-state index in [2.05, 4.69) is 10.3 Å². The molecule has 0 aliphatic rings. The van der Waals surface area contributed by atoms with Gasteiger partial charge in [-0.1, -0.05) is 6.07 Å². The molecule has 1 heterocycles. The summed E-state index contributed by atoms with van der Waals surface area (Å²) in [5.74, 6) is -1.17. The topological polar surface area (TPSA) is 62.2 Å².